The Morgan fingerprint density at radius 2 is 2.06 bits per heavy atom. The molecule has 18 heavy (non-hydrogen) atoms. The van der Waals surface area contributed by atoms with Gasteiger partial charge >= 0.3 is 0 Å². The number of ether oxygens (including phenoxy) is 1. The van der Waals surface area contributed by atoms with Crippen molar-refractivity contribution in [2.45, 2.75) is 0 Å². The number of primary amides is 1. The number of anilines is 1. The van der Waals surface area contributed by atoms with E-state index < -0.39 is 5.91 Å². The third-order valence-corrected chi connectivity index (χ3v) is 2.86. The number of halogens is 1. The summed E-state index contributed by atoms with van der Waals surface area (Å²) in [6, 6.07) is 8.39. The number of hydrogen-bond acceptors (Lipinski definition) is 4. The van der Waals surface area contributed by atoms with Crippen LogP contribution in [0.5, 0.6) is 11.6 Å². The minimum Gasteiger partial charge on any atom is -0.435 e. The Bertz CT molecular complexity index is 581. The van der Waals surface area contributed by atoms with E-state index in [-0.39, 0.29) is 11.4 Å². The first-order valence-corrected chi connectivity index (χ1v) is 5.85. The summed E-state index contributed by atoms with van der Waals surface area (Å²) in [5.41, 5.74) is 11.7. The number of rotatable bonds is 3. The van der Waals surface area contributed by atoms with E-state index >= 15 is 0 Å². The van der Waals surface area contributed by atoms with Crippen molar-refractivity contribution in [1.29, 1.82) is 0 Å². The Morgan fingerprint density at radius 3 is 2.72 bits per heavy atom. The molecule has 0 radical (unpaired) electrons. The van der Waals surface area contributed by atoms with E-state index in [1.54, 1.807) is 24.3 Å². The predicted octanol–water partition coefficient (Wildman–Crippen LogP) is 2.32. The largest absolute Gasteiger partial charge is 0.435 e. The van der Waals surface area contributed by atoms with Crippen molar-refractivity contribution >= 4 is 27.5 Å². The van der Waals surface area contributed by atoms with Gasteiger partial charge in [0.2, 0.25) is 5.88 Å². The first kappa shape index (κ1) is 12.4. The number of nitrogens with two attached hydrogens (primary N) is 2. The lowest BCUT2D eigenvalue weighted by molar-refractivity contribution is 0.0997. The molecule has 92 valence electrons. The van der Waals surface area contributed by atoms with Crippen LogP contribution in [0.25, 0.3) is 0 Å². The van der Waals surface area contributed by atoms with Gasteiger partial charge in [0.15, 0.2) is 5.75 Å². The normalized spacial score (nSPS) is 10.1. The monoisotopic (exact) mass is 307 g/mol. The van der Waals surface area contributed by atoms with Crippen LogP contribution >= 0.6 is 15.9 Å². The lowest BCUT2D eigenvalue weighted by Crippen LogP contribution is -2.13. The van der Waals surface area contributed by atoms with Gasteiger partial charge in [0.25, 0.3) is 5.91 Å². The van der Waals surface area contributed by atoms with E-state index in [9.17, 15) is 4.79 Å². The van der Waals surface area contributed by atoms with E-state index in [0.717, 1.165) is 0 Å². The highest BCUT2D eigenvalue weighted by atomic mass is 79.9. The van der Waals surface area contributed by atoms with Crippen molar-refractivity contribution in [2.24, 2.45) is 5.73 Å². The fourth-order valence-corrected chi connectivity index (χ4v) is 1.85. The molecule has 1 aromatic carbocycles. The van der Waals surface area contributed by atoms with Crippen molar-refractivity contribution < 1.29 is 9.53 Å². The molecule has 1 heterocycles. The third-order valence-electron chi connectivity index (χ3n) is 2.23. The minimum absolute atomic E-state index is 0.128. The second kappa shape index (κ2) is 5.05. The zero-order chi connectivity index (χ0) is 13.1. The fraction of sp³-hybridized carbons (Fsp3) is 0. The molecule has 2 aromatic rings. The highest BCUT2D eigenvalue weighted by Gasteiger charge is 2.14. The predicted molar refractivity (Wildman–Crippen MR) is 71.4 cm³/mol. The van der Waals surface area contributed by atoms with Crippen LogP contribution < -0.4 is 16.2 Å². The molecule has 1 aromatic heterocycles. The van der Waals surface area contributed by atoms with Gasteiger partial charge in [-0.15, -0.1) is 0 Å². The number of benzene rings is 1. The number of hydrogen-bond donors (Lipinski definition) is 2. The van der Waals surface area contributed by atoms with Crippen LogP contribution in [-0.4, -0.2) is 10.9 Å². The number of para-hydroxylation sites is 1. The summed E-state index contributed by atoms with van der Waals surface area (Å²) in [7, 11) is 0. The molecule has 5 nitrogen and oxygen atoms in total. The van der Waals surface area contributed by atoms with Crippen LogP contribution in [0.15, 0.2) is 41.0 Å². The molecule has 0 saturated heterocycles. The van der Waals surface area contributed by atoms with Gasteiger partial charge in [-0.1, -0.05) is 6.07 Å². The molecule has 0 bridgehead atoms. The number of nitrogens with zero attached hydrogens (tertiary/aromatic N) is 1. The zero-order valence-electron chi connectivity index (χ0n) is 9.26. The maximum atomic E-state index is 11.2. The van der Waals surface area contributed by atoms with Gasteiger partial charge in [-0.3, -0.25) is 4.79 Å². The molecule has 6 heteroatoms. The first-order chi connectivity index (χ1) is 8.59. The molecular formula is C12H10BrN3O2. The maximum Gasteiger partial charge on any atom is 0.254 e. The van der Waals surface area contributed by atoms with Gasteiger partial charge in [0.1, 0.15) is 5.56 Å². The molecule has 0 aliphatic rings. The number of carbonyl (C=O) groups excluding carboxylic acids is 1. The molecule has 0 atom stereocenters. The van der Waals surface area contributed by atoms with Gasteiger partial charge < -0.3 is 16.2 Å². The maximum absolute atomic E-state index is 11.2. The SMILES string of the molecule is NC(=O)c1cccnc1Oc1c(N)cccc1Br. The van der Waals surface area contributed by atoms with Crippen molar-refractivity contribution in [2.75, 3.05) is 5.73 Å². The first-order valence-electron chi connectivity index (χ1n) is 5.06. The van der Waals surface area contributed by atoms with Crippen LogP contribution in [-0.2, 0) is 0 Å². The molecule has 0 fully saturated rings. The van der Waals surface area contributed by atoms with Crippen LogP contribution in [0.3, 0.4) is 0 Å². The lowest BCUT2D eigenvalue weighted by Gasteiger charge is -2.11. The fourth-order valence-electron chi connectivity index (χ4n) is 1.39. The zero-order valence-corrected chi connectivity index (χ0v) is 10.8. The molecule has 0 aliphatic heterocycles. The number of carbonyl (C=O) groups is 1. The number of amides is 1. The van der Waals surface area contributed by atoms with E-state index in [2.05, 4.69) is 20.9 Å². The van der Waals surface area contributed by atoms with Gasteiger partial charge in [-0.05, 0) is 40.2 Å². The van der Waals surface area contributed by atoms with Crippen molar-refractivity contribution in [3.05, 3.63) is 46.6 Å². The standard InChI is InChI=1S/C12H10BrN3O2/c13-8-4-1-5-9(14)10(8)18-12-7(11(15)17)3-2-6-16-12/h1-6H,14H2,(H2,15,17). The van der Waals surface area contributed by atoms with Crippen molar-refractivity contribution in [1.82, 2.24) is 4.98 Å². The summed E-state index contributed by atoms with van der Waals surface area (Å²) in [6.07, 6.45) is 1.51. The Morgan fingerprint density at radius 1 is 1.28 bits per heavy atom. The Hall–Kier alpha value is -2.08. The summed E-state index contributed by atoms with van der Waals surface area (Å²) in [4.78, 5) is 15.2. The summed E-state index contributed by atoms with van der Waals surface area (Å²) in [6.45, 7) is 0. The number of aromatic nitrogens is 1. The molecule has 0 unspecified atom stereocenters. The summed E-state index contributed by atoms with van der Waals surface area (Å²) in [5.74, 6) is -0.0778. The lowest BCUT2D eigenvalue weighted by atomic mass is 10.2. The summed E-state index contributed by atoms with van der Waals surface area (Å²) < 4.78 is 6.22. The minimum atomic E-state index is -0.608. The Labute approximate surface area is 112 Å². The van der Waals surface area contributed by atoms with Crippen LogP contribution in [0.4, 0.5) is 5.69 Å². The number of pyridine rings is 1. The Kier molecular flexibility index (Phi) is 3.47. The van der Waals surface area contributed by atoms with E-state index in [0.29, 0.717) is 15.9 Å². The van der Waals surface area contributed by atoms with Crippen LogP contribution in [0.2, 0.25) is 0 Å². The average Bonchev–Trinajstić information content (AvgIpc) is 2.34. The second-order valence-electron chi connectivity index (χ2n) is 3.48. The van der Waals surface area contributed by atoms with E-state index in [1.807, 2.05) is 0 Å². The highest BCUT2D eigenvalue weighted by Crippen LogP contribution is 2.35. The van der Waals surface area contributed by atoms with Crippen LogP contribution in [0.1, 0.15) is 10.4 Å². The van der Waals surface area contributed by atoms with Gasteiger partial charge in [0, 0.05) is 6.20 Å². The average molecular weight is 308 g/mol. The third kappa shape index (κ3) is 2.43. The quantitative estimate of drug-likeness (QED) is 0.851. The van der Waals surface area contributed by atoms with E-state index in [4.69, 9.17) is 16.2 Å². The molecular weight excluding hydrogens is 298 g/mol. The van der Waals surface area contributed by atoms with Crippen molar-refractivity contribution in [3.8, 4) is 11.6 Å². The molecule has 0 saturated carbocycles. The smallest absolute Gasteiger partial charge is 0.254 e. The molecule has 2 rings (SSSR count). The van der Waals surface area contributed by atoms with E-state index in [1.165, 1.54) is 12.3 Å². The molecule has 0 spiro atoms. The van der Waals surface area contributed by atoms with Gasteiger partial charge in [0.05, 0.1) is 10.2 Å². The molecule has 4 N–H and O–H groups in total. The van der Waals surface area contributed by atoms with Crippen molar-refractivity contribution in [3.63, 3.8) is 0 Å². The van der Waals surface area contributed by atoms with Crippen LogP contribution in [0, 0.1) is 0 Å². The molecule has 0 aliphatic carbocycles. The van der Waals surface area contributed by atoms with Gasteiger partial charge in [-0.25, -0.2) is 4.98 Å². The molecule has 1 amide bonds. The summed E-state index contributed by atoms with van der Waals surface area (Å²) >= 11 is 3.32. The topological polar surface area (TPSA) is 91.2 Å². The second-order valence-corrected chi connectivity index (χ2v) is 4.33. The summed E-state index contributed by atoms with van der Waals surface area (Å²) in [5, 5.41) is 0. The highest BCUT2D eigenvalue weighted by molar-refractivity contribution is 9.10. The Balaban J connectivity index is 2.43. The van der Waals surface area contributed by atoms with Gasteiger partial charge in [-0.2, -0.15) is 0 Å². The number of nitrogen functional groups attached to an aromatic ring is 1.